The van der Waals surface area contributed by atoms with Crippen LogP contribution in [0, 0.1) is 0 Å². The van der Waals surface area contributed by atoms with E-state index in [0.717, 1.165) is 30.1 Å². The summed E-state index contributed by atoms with van der Waals surface area (Å²) in [5.41, 5.74) is 1.54. The van der Waals surface area contributed by atoms with Gasteiger partial charge in [-0.15, -0.1) is 0 Å². The summed E-state index contributed by atoms with van der Waals surface area (Å²) in [4.78, 5) is 30.9. The molecule has 0 saturated carbocycles. The van der Waals surface area contributed by atoms with Crippen LogP contribution < -0.4 is 9.64 Å². The van der Waals surface area contributed by atoms with Gasteiger partial charge < -0.3 is 28.9 Å². The van der Waals surface area contributed by atoms with E-state index in [9.17, 15) is 9.59 Å². The molecule has 2 aromatic carbocycles. The van der Waals surface area contributed by atoms with Crippen LogP contribution in [0.1, 0.15) is 33.3 Å². The fourth-order valence-electron chi connectivity index (χ4n) is 3.87. The Morgan fingerprint density at radius 2 is 1.65 bits per heavy atom. The minimum Gasteiger partial charge on any atom is -0.494 e. The molecule has 0 aliphatic carbocycles. The number of piperazine rings is 1. The molecule has 3 rings (SSSR count). The van der Waals surface area contributed by atoms with Gasteiger partial charge in [0.1, 0.15) is 18.0 Å². The molecule has 0 unspecified atom stereocenters. The SMILES string of the molecule is CCOc1ccc(N2CCN(C(=O)OCCN(CC=Cc3ccccc3)C(=O)OC(C)(C)C)CC2)cc1. The molecule has 2 amide bonds. The van der Waals surface area contributed by atoms with E-state index in [1.807, 2.05) is 94.4 Å². The van der Waals surface area contributed by atoms with Crippen molar-refractivity contribution in [2.24, 2.45) is 0 Å². The Labute approximate surface area is 220 Å². The fourth-order valence-corrected chi connectivity index (χ4v) is 3.87. The number of amides is 2. The highest BCUT2D eigenvalue weighted by molar-refractivity contribution is 5.69. The number of ether oxygens (including phenoxy) is 3. The zero-order valence-corrected chi connectivity index (χ0v) is 22.4. The highest BCUT2D eigenvalue weighted by Gasteiger charge is 2.24. The summed E-state index contributed by atoms with van der Waals surface area (Å²) in [6.07, 6.45) is 3.05. The van der Waals surface area contributed by atoms with Gasteiger partial charge in [-0.3, -0.25) is 0 Å². The molecule has 0 N–H and O–H groups in total. The molecule has 0 spiro atoms. The van der Waals surface area contributed by atoms with Gasteiger partial charge in [-0.05, 0) is 57.5 Å². The second-order valence-electron chi connectivity index (χ2n) is 9.75. The number of hydrogen-bond donors (Lipinski definition) is 0. The number of rotatable bonds is 9. The van der Waals surface area contributed by atoms with Crippen molar-refractivity contribution in [2.75, 3.05) is 57.4 Å². The molecule has 8 heteroatoms. The molecule has 1 fully saturated rings. The van der Waals surface area contributed by atoms with Crippen molar-refractivity contribution >= 4 is 23.9 Å². The lowest BCUT2D eigenvalue weighted by Gasteiger charge is -2.35. The van der Waals surface area contributed by atoms with Crippen LogP contribution in [0.3, 0.4) is 0 Å². The molecule has 1 aliphatic rings. The van der Waals surface area contributed by atoms with E-state index >= 15 is 0 Å². The van der Waals surface area contributed by atoms with Crippen molar-refractivity contribution in [3.8, 4) is 5.75 Å². The summed E-state index contributed by atoms with van der Waals surface area (Å²) in [5, 5.41) is 0. The maximum Gasteiger partial charge on any atom is 0.410 e. The van der Waals surface area contributed by atoms with Crippen LogP contribution in [0.15, 0.2) is 60.7 Å². The first-order valence-corrected chi connectivity index (χ1v) is 12.8. The predicted molar refractivity (Wildman–Crippen MR) is 146 cm³/mol. The van der Waals surface area contributed by atoms with Gasteiger partial charge in [0.2, 0.25) is 0 Å². The summed E-state index contributed by atoms with van der Waals surface area (Å²) in [6, 6.07) is 17.9. The van der Waals surface area contributed by atoms with Crippen LogP contribution in [0.25, 0.3) is 6.08 Å². The second-order valence-corrected chi connectivity index (χ2v) is 9.75. The van der Waals surface area contributed by atoms with Crippen LogP contribution in [-0.2, 0) is 9.47 Å². The van der Waals surface area contributed by atoms with Gasteiger partial charge in [-0.1, -0.05) is 42.5 Å². The first kappa shape index (κ1) is 27.9. The van der Waals surface area contributed by atoms with E-state index in [1.165, 1.54) is 0 Å². The highest BCUT2D eigenvalue weighted by atomic mass is 16.6. The third-order valence-electron chi connectivity index (χ3n) is 5.72. The summed E-state index contributed by atoms with van der Waals surface area (Å²) in [7, 11) is 0. The topological polar surface area (TPSA) is 71.6 Å². The Balaban J connectivity index is 1.47. The predicted octanol–water partition coefficient (Wildman–Crippen LogP) is 5.29. The summed E-state index contributed by atoms with van der Waals surface area (Å²) in [6.45, 7) is 11.4. The Kier molecular flexibility index (Phi) is 10.2. The Hall–Kier alpha value is -3.68. The molecular formula is C29H39N3O5. The Morgan fingerprint density at radius 1 is 0.973 bits per heavy atom. The minimum atomic E-state index is -0.613. The van der Waals surface area contributed by atoms with Crippen molar-refractivity contribution < 1.29 is 23.8 Å². The molecule has 1 aliphatic heterocycles. The van der Waals surface area contributed by atoms with E-state index < -0.39 is 11.7 Å². The normalized spacial score (nSPS) is 13.9. The van der Waals surface area contributed by atoms with Crippen LogP contribution in [-0.4, -0.2) is 80.1 Å². The minimum absolute atomic E-state index is 0.0936. The maximum atomic E-state index is 12.7. The Bertz CT molecular complexity index is 1010. The molecule has 8 nitrogen and oxygen atoms in total. The van der Waals surface area contributed by atoms with Gasteiger partial charge in [0.05, 0.1) is 13.2 Å². The van der Waals surface area contributed by atoms with Crippen molar-refractivity contribution in [1.82, 2.24) is 9.80 Å². The van der Waals surface area contributed by atoms with Crippen molar-refractivity contribution in [2.45, 2.75) is 33.3 Å². The number of carbonyl (C=O) groups is 2. The second kappa shape index (κ2) is 13.6. The first-order valence-electron chi connectivity index (χ1n) is 12.8. The summed E-state index contributed by atoms with van der Waals surface area (Å²) < 4.78 is 16.6. The molecule has 1 saturated heterocycles. The lowest BCUT2D eigenvalue weighted by Crippen LogP contribution is -2.49. The molecule has 200 valence electrons. The molecule has 0 bridgehead atoms. The molecule has 2 aromatic rings. The van der Waals surface area contributed by atoms with E-state index in [-0.39, 0.29) is 19.2 Å². The van der Waals surface area contributed by atoms with Crippen LogP contribution in [0.5, 0.6) is 5.75 Å². The zero-order chi connectivity index (χ0) is 26.7. The van der Waals surface area contributed by atoms with Crippen molar-refractivity contribution in [3.05, 3.63) is 66.2 Å². The quantitative estimate of drug-likeness (QED) is 0.457. The summed E-state index contributed by atoms with van der Waals surface area (Å²) >= 11 is 0. The monoisotopic (exact) mass is 509 g/mol. The average molecular weight is 510 g/mol. The molecular weight excluding hydrogens is 470 g/mol. The van der Waals surface area contributed by atoms with E-state index in [1.54, 1.807) is 9.80 Å². The molecule has 0 aromatic heterocycles. The number of benzene rings is 2. The molecule has 0 atom stereocenters. The van der Waals surface area contributed by atoms with Gasteiger partial charge in [0, 0.05) is 38.4 Å². The van der Waals surface area contributed by atoms with Crippen molar-refractivity contribution in [1.29, 1.82) is 0 Å². The van der Waals surface area contributed by atoms with Crippen molar-refractivity contribution in [3.63, 3.8) is 0 Å². The molecule has 37 heavy (non-hydrogen) atoms. The van der Waals surface area contributed by atoms with Crippen LogP contribution in [0.4, 0.5) is 15.3 Å². The van der Waals surface area contributed by atoms with E-state index in [4.69, 9.17) is 14.2 Å². The van der Waals surface area contributed by atoms with E-state index in [0.29, 0.717) is 26.2 Å². The van der Waals surface area contributed by atoms with E-state index in [2.05, 4.69) is 4.90 Å². The standard InChI is InChI=1S/C29H39N3O5/c1-5-35-26-15-13-25(14-16-26)30-18-20-32(21-19-30)27(33)36-23-22-31(28(34)37-29(2,3)4)17-9-12-24-10-7-6-8-11-24/h6-16H,5,17-23H2,1-4H3. The lowest BCUT2D eigenvalue weighted by molar-refractivity contribution is 0.0216. The van der Waals surface area contributed by atoms with Crippen LogP contribution in [0.2, 0.25) is 0 Å². The maximum absolute atomic E-state index is 12.7. The average Bonchev–Trinajstić information content (AvgIpc) is 2.88. The number of hydrogen-bond acceptors (Lipinski definition) is 6. The van der Waals surface area contributed by atoms with Gasteiger partial charge in [-0.25, -0.2) is 9.59 Å². The zero-order valence-electron chi connectivity index (χ0n) is 22.4. The summed E-state index contributed by atoms with van der Waals surface area (Å²) in [5.74, 6) is 0.851. The number of carbonyl (C=O) groups excluding carboxylic acids is 2. The number of anilines is 1. The third kappa shape index (κ3) is 9.37. The Morgan fingerprint density at radius 3 is 2.27 bits per heavy atom. The fraction of sp³-hybridized carbons (Fsp3) is 0.448. The van der Waals surface area contributed by atoms with Gasteiger partial charge in [0.25, 0.3) is 0 Å². The smallest absolute Gasteiger partial charge is 0.410 e. The third-order valence-corrected chi connectivity index (χ3v) is 5.72. The highest BCUT2D eigenvalue weighted by Crippen LogP contribution is 2.21. The van der Waals surface area contributed by atoms with Gasteiger partial charge in [-0.2, -0.15) is 0 Å². The molecule has 0 radical (unpaired) electrons. The lowest BCUT2D eigenvalue weighted by atomic mass is 10.2. The first-order chi connectivity index (χ1) is 17.7. The van der Waals surface area contributed by atoms with Crippen LogP contribution >= 0.6 is 0 Å². The number of nitrogens with zero attached hydrogens (tertiary/aromatic N) is 3. The van der Waals surface area contributed by atoms with Gasteiger partial charge >= 0.3 is 12.2 Å². The largest absolute Gasteiger partial charge is 0.494 e. The molecule has 1 heterocycles. The van der Waals surface area contributed by atoms with Gasteiger partial charge in [0.15, 0.2) is 0 Å².